The van der Waals surface area contributed by atoms with Crippen molar-refractivity contribution in [1.82, 2.24) is 19.1 Å². The molecule has 61 heavy (non-hydrogen) atoms. The summed E-state index contributed by atoms with van der Waals surface area (Å²) in [4.78, 5) is 10.8. The standard InChI is InChI=1S/C56H32N4O/c1-2-15-37-35(13-1)36-14-3-4-16-38(36)46-32-34(26-28-39(37)46)59-48-22-10-6-17-40(48)43-29-30-50-53(55(43)59)45-20-7-11-23-49(45)60(50)56-57-47-21-9-5-19-44(47)54(58-56)33-25-27-42-41-18-8-12-24-51(41)61-52(42)31-33/h1-32H. The molecule has 0 N–H and O–H groups in total. The number of furan rings is 1. The van der Waals surface area contributed by atoms with Crippen molar-refractivity contribution < 1.29 is 4.42 Å². The molecule has 14 aromatic rings. The first kappa shape index (κ1) is 32.7. The Morgan fingerprint density at radius 3 is 1.67 bits per heavy atom. The van der Waals surface area contributed by atoms with Crippen LogP contribution in [0.25, 0.3) is 132 Å². The zero-order valence-corrected chi connectivity index (χ0v) is 32.7. The van der Waals surface area contributed by atoms with Gasteiger partial charge in [-0.2, -0.15) is 0 Å². The van der Waals surface area contributed by atoms with Gasteiger partial charge in [-0.15, -0.1) is 0 Å². The predicted molar refractivity (Wildman–Crippen MR) is 253 cm³/mol. The molecule has 0 saturated carbocycles. The molecule has 4 aromatic heterocycles. The van der Waals surface area contributed by atoms with Gasteiger partial charge in [0, 0.05) is 49.0 Å². The number of fused-ring (bicyclic) bond motifs is 17. The molecule has 4 heterocycles. The molecule has 0 amide bonds. The third-order valence-electron chi connectivity index (χ3n) is 12.9. The highest BCUT2D eigenvalue weighted by molar-refractivity contribution is 6.28. The van der Waals surface area contributed by atoms with Gasteiger partial charge >= 0.3 is 0 Å². The predicted octanol–water partition coefficient (Wildman–Crippen LogP) is 14.8. The number of hydrogen-bond acceptors (Lipinski definition) is 3. The summed E-state index contributed by atoms with van der Waals surface area (Å²) in [6, 6.07) is 69.6. The molecule has 0 unspecified atom stereocenters. The topological polar surface area (TPSA) is 48.8 Å². The van der Waals surface area contributed by atoms with E-state index in [0.29, 0.717) is 5.95 Å². The molecule has 0 aliphatic rings. The molecule has 0 radical (unpaired) electrons. The molecular weight excluding hydrogens is 745 g/mol. The molecule has 0 bridgehead atoms. The maximum absolute atomic E-state index is 6.37. The van der Waals surface area contributed by atoms with E-state index in [1.807, 2.05) is 12.1 Å². The summed E-state index contributed by atoms with van der Waals surface area (Å²) in [5.74, 6) is 0.621. The molecule has 10 aromatic carbocycles. The molecular formula is C56H32N4O. The van der Waals surface area contributed by atoms with E-state index in [2.05, 4.69) is 191 Å². The minimum absolute atomic E-state index is 0.621. The number of rotatable bonds is 3. The van der Waals surface area contributed by atoms with E-state index in [4.69, 9.17) is 14.4 Å². The molecule has 0 fully saturated rings. The lowest BCUT2D eigenvalue weighted by molar-refractivity contribution is 0.669. The molecule has 0 atom stereocenters. The van der Waals surface area contributed by atoms with Crippen molar-refractivity contribution in [3.8, 4) is 22.9 Å². The fraction of sp³-hybridized carbons (Fsp3) is 0. The van der Waals surface area contributed by atoms with Crippen LogP contribution in [0.15, 0.2) is 199 Å². The van der Waals surface area contributed by atoms with Gasteiger partial charge in [0.05, 0.1) is 33.3 Å². The third kappa shape index (κ3) is 4.49. The average Bonchev–Trinajstić information content (AvgIpc) is 3.98. The number of benzene rings is 10. The molecule has 5 heteroatoms. The van der Waals surface area contributed by atoms with Gasteiger partial charge < -0.3 is 8.98 Å². The van der Waals surface area contributed by atoms with Crippen LogP contribution in [0.2, 0.25) is 0 Å². The molecule has 14 rings (SSSR count). The second kappa shape index (κ2) is 12.1. The highest BCUT2D eigenvalue weighted by Gasteiger charge is 2.23. The summed E-state index contributed by atoms with van der Waals surface area (Å²) in [7, 11) is 0. The maximum Gasteiger partial charge on any atom is 0.235 e. The Bertz CT molecular complexity index is 4150. The van der Waals surface area contributed by atoms with Crippen molar-refractivity contribution in [2.45, 2.75) is 0 Å². The minimum atomic E-state index is 0.621. The van der Waals surface area contributed by atoms with Crippen LogP contribution in [0.3, 0.4) is 0 Å². The second-order valence-electron chi connectivity index (χ2n) is 16.1. The van der Waals surface area contributed by atoms with Gasteiger partial charge in [-0.1, -0.05) is 140 Å². The van der Waals surface area contributed by atoms with E-state index in [0.717, 1.165) is 82.6 Å². The van der Waals surface area contributed by atoms with Gasteiger partial charge in [0.15, 0.2) is 0 Å². The Morgan fingerprint density at radius 2 is 0.902 bits per heavy atom. The van der Waals surface area contributed by atoms with Gasteiger partial charge in [-0.3, -0.25) is 4.57 Å². The van der Waals surface area contributed by atoms with E-state index >= 15 is 0 Å². The third-order valence-corrected chi connectivity index (χ3v) is 12.9. The summed E-state index contributed by atoms with van der Waals surface area (Å²) in [5, 5.41) is 15.5. The molecule has 0 saturated heterocycles. The van der Waals surface area contributed by atoms with Crippen molar-refractivity contribution >= 4 is 109 Å². The van der Waals surface area contributed by atoms with Crippen molar-refractivity contribution in [2.24, 2.45) is 0 Å². The summed E-state index contributed by atoms with van der Waals surface area (Å²) in [6.07, 6.45) is 0. The van der Waals surface area contributed by atoms with Crippen LogP contribution in [0.4, 0.5) is 0 Å². The Labute approximate surface area is 347 Å². The Hall–Kier alpha value is -8.28. The number of aromatic nitrogens is 4. The fourth-order valence-electron chi connectivity index (χ4n) is 10.3. The van der Waals surface area contributed by atoms with Crippen molar-refractivity contribution in [3.05, 3.63) is 194 Å². The average molecular weight is 777 g/mol. The van der Waals surface area contributed by atoms with E-state index in [9.17, 15) is 0 Å². The quantitative estimate of drug-likeness (QED) is 0.168. The molecule has 0 spiro atoms. The first-order chi connectivity index (χ1) is 30.3. The van der Waals surface area contributed by atoms with Crippen molar-refractivity contribution in [1.29, 1.82) is 0 Å². The Morgan fingerprint density at radius 1 is 0.344 bits per heavy atom. The van der Waals surface area contributed by atoms with Crippen LogP contribution in [0.1, 0.15) is 0 Å². The highest BCUT2D eigenvalue weighted by Crippen LogP contribution is 2.44. The Kier molecular flexibility index (Phi) is 6.49. The zero-order valence-electron chi connectivity index (χ0n) is 32.7. The highest BCUT2D eigenvalue weighted by atomic mass is 16.3. The van der Waals surface area contributed by atoms with Crippen LogP contribution >= 0.6 is 0 Å². The normalized spacial score (nSPS) is 12.3. The van der Waals surface area contributed by atoms with Crippen molar-refractivity contribution in [3.63, 3.8) is 0 Å². The van der Waals surface area contributed by atoms with Crippen LogP contribution < -0.4 is 0 Å². The van der Waals surface area contributed by atoms with Gasteiger partial charge in [0.25, 0.3) is 0 Å². The molecule has 0 aliphatic carbocycles. The molecule has 0 aliphatic heterocycles. The minimum Gasteiger partial charge on any atom is -0.456 e. The molecule has 282 valence electrons. The smallest absolute Gasteiger partial charge is 0.235 e. The van der Waals surface area contributed by atoms with Crippen molar-refractivity contribution in [2.75, 3.05) is 0 Å². The number of nitrogens with zero attached hydrogens (tertiary/aromatic N) is 4. The van der Waals surface area contributed by atoms with Crippen LogP contribution in [0.5, 0.6) is 0 Å². The summed E-state index contributed by atoms with van der Waals surface area (Å²) in [5.41, 5.74) is 9.97. The number of hydrogen-bond donors (Lipinski definition) is 0. The SMILES string of the molecule is c1ccc2c(-c3ccc4c(c3)oc3ccccc34)nc(-n3c4ccccc4c4c3ccc3c5ccccc5n(-c5ccc6c7ccccc7c7ccccc7c6c5)c34)nc2c1. The number of para-hydroxylation sites is 4. The van der Waals surface area contributed by atoms with Gasteiger partial charge in [-0.25, -0.2) is 9.97 Å². The largest absolute Gasteiger partial charge is 0.456 e. The summed E-state index contributed by atoms with van der Waals surface area (Å²) < 4.78 is 11.1. The van der Waals surface area contributed by atoms with E-state index in [1.165, 1.54) is 43.1 Å². The lowest BCUT2D eigenvalue weighted by Crippen LogP contribution is -2.03. The first-order valence-corrected chi connectivity index (χ1v) is 20.7. The maximum atomic E-state index is 6.37. The van der Waals surface area contributed by atoms with Gasteiger partial charge in [0.2, 0.25) is 5.95 Å². The van der Waals surface area contributed by atoms with Gasteiger partial charge in [0.1, 0.15) is 11.2 Å². The zero-order chi connectivity index (χ0) is 39.8. The second-order valence-corrected chi connectivity index (χ2v) is 16.1. The monoisotopic (exact) mass is 776 g/mol. The summed E-state index contributed by atoms with van der Waals surface area (Å²) >= 11 is 0. The fourth-order valence-corrected chi connectivity index (χ4v) is 10.3. The summed E-state index contributed by atoms with van der Waals surface area (Å²) in [6.45, 7) is 0. The van der Waals surface area contributed by atoms with Gasteiger partial charge in [-0.05, 0) is 86.9 Å². The van der Waals surface area contributed by atoms with Crippen LogP contribution in [-0.2, 0) is 0 Å². The lowest BCUT2D eigenvalue weighted by Gasteiger charge is -2.14. The Balaban J connectivity index is 1.07. The van der Waals surface area contributed by atoms with Crippen LogP contribution in [0, 0.1) is 0 Å². The van der Waals surface area contributed by atoms with E-state index < -0.39 is 0 Å². The van der Waals surface area contributed by atoms with Crippen LogP contribution in [-0.4, -0.2) is 19.1 Å². The van der Waals surface area contributed by atoms with E-state index in [1.54, 1.807) is 0 Å². The first-order valence-electron chi connectivity index (χ1n) is 20.7. The van der Waals surface area contributed by atoms with E-state index in [-0.39, 0.29) is 0 Å². The lowest BCUT2D eigenvalue weighted by atomic mass is 9.94. The molecule has 5 nitrogen and oxygen atoms in total.